The van der Waals surface area contributed by atoms with Crippen molar-refractivity contribution in [2.24, 2.45) is 0 Å². The molecule has 0 aliphatic carbocycles. The molecule has 0 saturated heterocycles. The average Bonchev–Trinajstić information content (AvgIpc) is 2.36. The highest BCUT2D eigenvalue weighted by Gasteiger charge is 2.10. The van der Waals surface area contributed by atoms with Gasteiger partial charge in [0.05, 0.1) is 20.3 Å². The predicted octanol–water partition coefficient (Wildman–Crippen LogP) is 1.56. The molecule has 0 bridgehead atoms. The number of benzene rings is 1. The number of hydrogen-bond donors (Lipinski definition) is 2. The number of aliphatic hydroxyl groups excluding tert-OH is 1. The van der Waals surface area contributed by atoms with Gasteiger partial charge in [0.1, 0.15) is 0 Å². The van der Waals surface area contributed by atoms with Crippen molar-refractivity contribution < 1.29 is 14.6 Å². The first-order chi connectivity index (χ1) is 8.22. The van der Waals surface area contributed by atoms with Crippen LogP contribution in [-0.2, 0) is 6.54 Å². The number of para-hydroxylation sites is 1. The summed E-state index contributed by atoms with van der Waals surface area (Å²) in [5, 5.41) is 12.2. The number of nitrogens with one attached hydrogen (secondary N) is 1. The van der Waals surface area contributed by atoms with Gasteiger partial charge in [-0.3, -0.25) is 0 Å². The summed E-state index contributed by atoms with van der Waals surface area (Å²) >= 11 is 0. The topological polar surface area (TPSA) is 50.7 Å². The van der Waals surface area contributed by atoms with Crippen molar-refractivity contribution in [1.82, 2.24) is 5.32 Å². The van der Waals surface area contributed by atoms with Crippen LogP contribution in [0.15, 0.2) is 18.2 Å². The van der Waals surface area contributed by atoms with Crippen molar-refractivity contribution in [3.63, 3.8) is 0 Å². The lowest BCUT2D eigenvalue weighted by Gasteiger charge is -2.16. The van der Waals surface area contributed by atoms with Crippen molar-refractivity contribution in [3.05, 3.63) is 23.8 Å². The molecule has 1 aromatic carbocycles. The molecule has 0 aromatic heterocycles. The summed E-state index contributed by atoms with van der Waals surface area (Å²) < 4.78 is 10.9. The molecule has 2 N–H and O–H groups in total. The normalized spacial score (nSPS) is 12.2. The summed E-state index contributed by atoms with van der Waals surface area (Å²) in [5.41, 5.74) is 1.03. The van der Waals surface area contributed by atoms with E-state index in [2.05, 4.69) is 5.32 Å². The van der Waals surface area contributed by atoms with Crippen LogP contribution in [0, 0.1) is 0 Å². The number of aliphatic hydroxyl groups is 1. The predicted molar refractivity (Wildman–Crippen MR) is 67.6 cm³/mol. The summed E-state index contributed by atoms with van der Waals surface area (Å²) in [6, 6.07) is 5.88. The van der Waals surface area contributed by atoms with E-state index in [1.165, 1.54) is 0 Å². The quantitative estimate of drug-likeness (QED) is 0.758. The SMILES string of the molecule is CCOc1cccc(CNC(C)CO)c1OC. The third-order valence-electron chi connectivity index (χ3n) is 2.48. The summed E-state index contributed by atoms with van der Waals surface area (Å²) in [7, 11) is 1.64. The minimum atomic E-state index is 0.0652. The van der Waals surface area contributed by atoms with Crippen LogP contribution in [-0.4, -0.2) is 31.5 Å². The molecule has 4 heteroatoms. The summed E-state index contributed by atoms with van der Waals surface area (Å²) in [5.74, 6) is 1.51. The number of ether oxygens (including phenoxy) is 2. The van der Waals surface area contributed by atoms with Gasteiger partial charge in [0.25, 0.3) is 0 Å². The van der Waals surface area contributed by atoms with Gasteiger partial charge >= 0.3 is 0 Å². The lowest BCUT2D eigenvalue weighted by atomic mass is 10.1. The van der Waals surface area contributed by atoms with E-state index in [1.807, 2.05) is 32.0 Å². The summed E-state index contributed by atoms with van der Waals surface area (Å²) in [6.07, 6.45) is 0. The smallest absolute Gasteiger partial charge is 0.165 e. The molecule has 0 heterocycles. The second kappa shape index (κ2) is 7.14. The van der Waals surface area contributed by atoms with E-state index >= 15 is 0 Å². The fourth-order valence-corrected chi connectivity index (χ4v) is 1.55. The molecule has 0 spiro atoms. The van der Waals surface area contributed by atoms with Gasteiger partial charge in [-0.2, -0.15) is 0 Å². The zero-order chi connectivity index (χ0) is 12.7. The summed E-state index contributed by atoms with van der Waals surface area (Å²) in [4.78, 5) is 0. The van der Waals surface area contributed by atoms with Gasteiger partial charge in [-0.25, -0.2) is 0 Å². The van der Waals surface area contributed by atoms with E-state index in [0.717, 1.165) is 17.1 Å². The Morgan fingerprint density at radius 3 is 2.76 bits per heavy atom. The fourth-order valence-electron chi connectivity index (χ4n) is 1.55. The van der Waals surface area contributed by atoms with Gasteiger partial charge < -0.3 is 19.9 Å². The van der Waals surface area contributed by atoms with Crippen LogP contribution in [0.25, 0.3) is 0 Å². The maximum absolute atomic E-state index is 8.96. The van der Waals surface area contributed by atoms with Crippen LogP contribution in [0.3, 0.4) is 0 Å². The maximum Gasteiger partial charge on any atom is 0.165 e. The van der Waals surface area contributed by atoms with Crippen LogP contribution in [0.4, 0.5) is 0 Å². The Balaban J connectivity index is 2.79. The fraction of sp³-hybridized carbons (Fsp3) is 0.538. The molecule has 0 fully saturated rings. The lowest BCUT2D eigenvalue weighted by Crippen LogP contribution is -2.28. The van der Waals surface area contributed by atoms with E-state index in [4.69, 9.17) is 14.6 Å². The zero-order valence-electron chi connectivity index (χ0n) is 10.7. The molecule has 0 aliphatic heterocycles. The highest BCUT2D eigenvalue weighted by atomic mass is 16.5. The van der Waals surface area contributed by atoms with Gasteiger partial charge in [-0.1, -0.05) is 12.1 Å². The molecule has 0 saturated carbocycles. The molecule has 1 rings (SSSR count). The first kappa shape index (κ1) is 13.8. The molecular weight excluding hydrogens is 218 g/mol. The van der Waals surface area contributed by atoms with Gasteiger partial charge in [0.15, 0.2) is 11.5 Å². The van der Waals surface area contributed by atoms with E-state index < -0.39 is 0 Å². The Morgan fingerprint density at radius 1 is 1.41 bits per heavy atom. The second-order valence-electron chi connectivity index (χ2n) is 3.85. The molecule has 4 nitrogen and oxygen atoms in total. The van der Waals surface area contributed by atoms with Crippen molar-refractivity contribution in [2.75, 3.05) is 20.3 Å². The molecule has 1 aromatic rings. The number of rotatable bonds is 7. The molecule has 96 valence electrons. The Kier molecular flexibility index (Phi) is 5.80. The third kappa shape index (κ3) is 3.91. The van der Waals surface area contributed by atoms with Crippen LogP contribution >= 0.6 is 0 Å². The monoisotopic (exact) mass is 239 g/mol. The van der Waals surface area contributed by atoms with E-state index in [-0.39, 0.29) is 12.6 Å². The molecule has 0 radical (unpaired) electrons. The van der Waals surface area contributed by atoms with Crippen LogP contribution < -0.4 is 14.8 Å². The van der Waals surface area contributed by atoms with Gasteiger partial charge in [-0.05, 0) is 19.9 Å². The first-order valence-corrected chi connectivity index (χ1v) is 5.85. The van der Waals surface area contributed by atoms with Crippen molar-refractivity contribution >= 4 is 0 Å². The Morgan fingerprint density at radius 2 is 2.18 bits per heavy atom. The van der Waals surface area contributed by atoms with Gasteiger partial charge in [0, 0.05) is 18.2 Å². The largest absolute Gasteiger partial charge is 0.493 e. The number of methoxy groups -OCH3 is 1. The van der Waals surface area contributed by atoms with Crippen LogP contribution in [0.5, 0.6) is 11.5 Å². The highest BCUT2D eigenvalue weighted by Crippen LogP contribution is 2.30. The molecule has 0 aliphatic rings. The summed E-state index contributed by atoms with van der Waals surface area (Å²) in [6.45, 7) is 5.25. The Labute approximate surface area is 103 Å². The standard InChI is InChI=1S/C13H21NO3/c1-4-17-12-7-5-6-11(13(12)16-3)8-14-10(2)9-15/h5-7,10,14-15H,4,8-9H2,1-3H3. The Bertz CT molecular complexity index is 341. The van der Waals surface area contributed by atoms with Gasteiger partial charge in [0.2, 0.25) is 0 Å². The maximum atomic E-state index is 8.96. The minimum absolute atomic E-state index is 0.0652. The second-order valence-corrected chi connectivity index (χ2v) is 3.85. The van der Waals surface area contributed by atoms with Crippen LogP contribution in [0.1, 0.15) is 19.4 Å². The molecule has 17 heavy (non-hydrogen) atoms. The lowest BCUT2D eigenvalue weighted by molar-refractivity contribution is 0.250. The molecular formula is C13H21NO3. The zero-order valence-corrected chi connectivity index (χ0v) is 10.7. The van der Waals surface area contributed by atoms with E-state index in [0.29, 0.717) is 13.2 Å². The van der Waals surface area contributed by atoms with Crippen LogP contribution in [0.2, 0.25) is 0 Å². The Hall–Kier alpha value is -1.26. The average molecular weight is 239 g/mol. The number of hydrogen-bond acceptors (Lipinski definition) is 4. The van der Waals surface area contributed by atoms with E-state index in [9.17, 15) is 0 Å². The highest BCUT2D eigenvalue weighted by molar-refractivity contribution is 5.46. The van der Waals surface area contributed by atoms with Crippen molar-refractivity contribution in [2.45, 2.75) is 26.4 Å². The third-order valence-corrected chi connectivity index (χ3v) is 2.48. The minimum Gasteiger partial charge on any atom is -0.493 e. The van der Waals surface area contributed by atoms with E-state index in [1.54, 1.807) is 7.11 Å². The van der Waals surface area contributed by atoms with Crippen molar-refractivity contribution in [3.8, 4) is 11.5 Å². The first-order valence-electron chi connectivity index (χ1n) is 5.85. The molecule has 1 unspecified atom stereocenters. The van der Waals surface area contributed by atoms with Crippen molar-refractivity contribution in [1.29, 1.82) is 0 Å². The molecule has 1 atom stereocenters. The molecule has 0 amide bonds. The van der Waals surface area contributed by atoms with Gasteiger partial charge in [-0.15, -0.1) is 0 Å².